The molecule has 0 aromatic heterocycles. The molecule has 3 rings (SSSR count). The van der Waals surface area contributed by atoms with Gasteiger partial charge in [-0.15, -0.1) is 0 Å². The highest BCUT2D eigenvalue weighted by Crippen LogP contribution is 2.20. The Morgan fingerprint density at radius 3 is 2.00 bits per heavy atom. The highest BCUT2D eigenvalue weighted by atomic mass is 19.1. The van der Waals surface area contributed by atoms with Crippen molar-refractivity contribution in [3.05, 3.63) is 96.3 Å². The summed E-state index contributed by atoms with van der Waals surface area (Å²) < 4.78 is 13.6. The molecule has 0 aliphatic carbocycles. The molecule has 2 amide bonds. The number of carbonyl (C=O) groups is 2. The predicted octanol–water partition coefficient (Wildman–Crippen LogP) is 4.41. The summed E-state index contributed by atoms with van der Waals surface area (Å²) in [6.07, 6.45) is 0. The van der Waals surface area contributed by atoms with Gasteiger partial charge in [-0.1, -0.05) is 54.6 Å². The lowest BCUT2D eigenvalue weighted by Gasteiger charge is -2.27. The molecular weight excluding hydrogens is 355 g/mol. The van der Waals surface area contributed by atoms with Gasteiger partial charge in [-0.2, -0.15) is 0 Å². The van der Waals surface area contributed by atoms with Gasteiger partial charge in [0.25, 0.3) is 0 Å². The maximum absolute atomic E-state index is 13.6. The molecule has 4 nitrogen and oxygen atoms in total. The third kappa shape index (κ3) is 4.82. The lowest BCUT2D eigenvalue weighted by Crippen LogP contribution is -2.42. The lowest BCUT2D eigenvalue weighted by atomic mass is 10.2. The maximum Gasteiger partial charge on any atom is 0.247 e. The predicted molar refractivity (Wildman–Crippen MR) is 109 cm³/mol. The fourth-order valence-electron chi connectivity index (χ4n) is 2.95. The van der Waals surface area contributed by atoms with Gasteiger partial charge in [0.05, 0.1) is 6.54 Å². The van der Waals surface area contributed by atoms with Crippen molar-refractivity contribution in [3.8, 4) is 0 Å². The first kappa shape index (κ1) is 19.3. The zero-order valence-corrected chi connectivity index (χ0v) is 15.6. The monoisotopic (exact) mass is 376 g/mol. The summed E-state index contributed by atoms with van der Waals surface area (Å²) in [5.74, 6) is -1.04. The highest BCUT2D eigenvalue weighted by Gasteiger charge is 2.22. The van der Waals surface area contributed by atoms with Gasteiger partial charge >= 0.3 is 0 Å². The highest BCUT2D eigenvalue weighted by molar-refractivity contribution is 6.02. The Balaban J connectivity index is 1.88. The molecule has 142 valence electrons. The van der Waals surface area contributed by atoms with E-state index in [4.69, 9.17) is 0 Å². The lowest BCUT2D eigenvalue weighted by molar-refractivity contribution is -0.121. The summed E-state index contributed by atoms with van der Waals surface area (Å²) in [4.78, 5) is 28.2. The Hall–Kier alpha value is -3.47. The van der Waals surface area contributed by atoms with E-state index in [2.05, 4.69) is 0 Å². The van der Waals surface area contributed by atoms with E-state index in [0.717, 1.165) is 11.3 Å². The number of amides is 2. The quantitative estimate of drug-likeness (QED) is 0.639. The number of hydrogen-bond acceptors (Lipinski definition) is 2. The molecule has 0 fully saturated rings. The van der Waals surface area contributed by atoms with Gasteiger partial charge in [-0.25, -0.2) is 4.39 Å². The van der Waals surface area contributed by atoms with Crippen molar-refractivity contribution in [2.24, 2.45) is 0 Å². The van der Waals surface area contributed by atoms with Crippen LogP contribution in [0.5, 0.6) is 0 Å². The Morgan fingerprint density at radius 2 is 1.39 bits per heavy atom. The third-order valence-corrected chi connectivity index (χ3v) is 4.35. The molecule has 3 aromatic rings. The zero-order chi connectivity index (χ0) is 19.9. The molecule has 28 heavy (non-hydrogen) atoms. The summed E-state index contributed by atoms with van der Waals surface area (Å²) in [5.41, 5.74) is 2.06. The van der Waals surface area contributed by atoms with E-state index < -0.39 is 5.82 Å². The van der Waals surface area contributed by atoms with Crippen molar-refractivity contribution in [2.75, 3.05) is 16.3 Å². The van der Waals surface area contributed by atoms with Crippen LogP contribution in [0.2, 0.25) is 0 Å². The first-order valence-electron chi connectivity index (χ1n) is 8.97. The number of carbonyl (C=O) groups excluding carboxylic acids is 2. The maximum atomic E-state index is 13.6. The van der Waals surface area contributed by atoms with Crippen LogP contribution in [0.1, 0.15) is 12.5 Å². The normalized spacial score (nSPS) is 10.4. The zero-order valence-electron chi connectivity index (χ0n) is 15.6. The smallest absolute Gasteiger partial charge is 0.247 e. The minimum atomic E-state index is -0.458. The molecule has 0 atom stereocenters. The number of benzene rings is 3. The molecule has 5 heteroatoms. The van der Waals surface area contributed by atoms with E-state index in [-0.39, 0.29) is 18.4 Å². The van der Waals surface area contributed by atoms with E-state index in [1.54, 1.807) is 11.0 Å². The summed E-state index contributed by atoms with van der Waals surface area (Å²) >= 11 is 0. The third-order valence-electron chi connectivity index (χ3n) is 4.35. The van der Waals surface area contributed by atoms with Crippen LogP contribution in [0.3, 0.4) is 0 Å². The largest absolute Gasteiger partial charge is 0.306 e. The van der Waals surface area contributed by atoms with Crippen LogP contribution in [-0.2, 0) is 16.1 Å². The Kier molecular flexibility index (Phi) is 6.17. The Labute approximate surface area is 163 Å². The van der Waals surface area contributed by atoms with Crippen LogP contribution in [0.15, 0.2) is 84.9 Å². The van der Waals surface area contributed by atoms with Gasteiger partial charge < -0.3 is 9.80 Å². The number of para-hydroxylation sites is 1. The van der Waals surface area contributed by atoms with Crippen molar-refractivity contribution in [1.29, 1.82) is 0 Å². The van der Waals surface area contributed by atoms with E-state index in [9.17, 15) is 14.0 Å². The molecule has 0 bridgehead atoms. The Morgan fingerprint density at radius 1 is 0.786 bits per heavy atom. The van der Waals surface area contributed by atoms with Gasteiger partial charge in [0.15, 0.2) is 0 Å². The molecule has 0 heterocycles. The van der Waals surface area contributed by atoms with Crippen molar-refractivity contribution < 1.29 is 14.0 Å². The average Bonchev–Trinajstić information content (AvgIpc) is 2.71. The van der Waals surface area contributed by atoms with Crippen LogP contribution in [0.4, 0.5) is 15.8 Å². The van der Waals surface area contributed by atoms with Crippen molar-refractivity contribution in [1.82, 2.24) is 0 Å². The molecule has 0 N–H and O–H groups in total. The molecule has 3 aromatic carbocycles. The standard InChI is InChI=1S/C23H21FN2O2/c1-18(27)25(22-14-8-11-20(24)15-22)17-23(28)26(21-12-6-3-7-13-21)16-19-9-4-2-5-10-19/h2-15H,16-17H2,1H3. The van der Waals surface area contributed by atoms with Crippen molar-refractivity contribution in [2.45, 2.75) is 13.5 Å². The second kappa shape index (κ2) is 8.95. The van der Waals surface area contributed by atoms with E-state index >= 15 is 0 Å². The molecule has 0 spiro atoms. The average molecular weight is 376 g/mol. The summed E-state index contributed by atoms with van der Waals surface area (Å²) in [6.45, 7) is 1.56. The SMILES string of the molecule is CC(=O)N(CC(=O)N(Cc1ccccc1)c1ccccc1)c1cccc(F)c1. The fraction of sp³-hybridized carbons (Fsp3) is 0.130. The van der Waals surface area contributed by atoms with Gasteiger partial charge in [-0.05, 0) is 35.9 Å². The van der Waals surface area contributed by atoms with Crippen LogP contribution >= 0.6 is 0 Å². The van der Waals surface area contributed by atoms with E-state index in [1.807, 2.05) is 60.7 Å². The number of rotatable bonds is 6. The molecule has 0 saturated carbocycles. The summed E-state index contributed by atoms with van der Waals surface area (Å²) in [7, 11) is 0. The molecule has 0 aliphatic rings. The molecule has 0 saturated heterocycles. The number of nitrogens with zero attached hydrogens (tertiary/aromatic N) is 2. The van der Waals surface area contributed by atoms with Crippen molar-refractivity contribution in [3.63, 3.8) is 0 Å². The molecule has 0 aliphatic heterocycles. The minimum Gasteiger partial charge on any atom is -0.306 e. The Bertz CT molecular complexity index is 945. The first-order chi connectivity index (χ1) is 13.5. The van der Waals surface area contributed by atoms with Crippen LogP contribution in [-0.4, -0.2) is 18.4 Å². The number of halogens is 1. The minimum absolute atomic E-state index is 0.180. The number of hydrogen-bond donors (Lipinski definition) is 0. The van der Waals surface area contributed by atoms with Gasteiger partial charge in [-0.3, -0.25) is 9.59 Å². The topological polar surface area (TPSA) is 40.6 Å². The summed E-state index contributed by atoms with van der Waals surface area (Å²) in [6, 6.07) is 24.6. The van der Waals surface area contributed by atoms with E-state index in [1.165, 1.54) is 30.0 Å². The first-order valence-corrected chi connectivity index (χ1v) is 8.97. The molecular formula is C23H21FN2O2. The molecule has 0 radical (unpaired) electrons. The second-order valence-electron chi connectivity index (χ2n) is 6.39. The van der Waals surface area contributed by atoms with Crippen LogP contribution < -0.4 is 9.80 Å². The van der Waals surface area contributed by atoms with Crippen LogP contribution in [0, 0.1) is 5.82 Å². The van der Waals surface area contributed by atoms with Crippen LogP contribution in [0.25, 0.3) is 0 Å². The fourth-order valence-corrected chi connectivity index (χ4v) is 2.95. The second-order valence-corrected chi connectivity index (χ2v) is 6.39. The van der Waals surface area contributed by atoms with Crippen molar-refractivity contribution >= 4 is 23.2 Å². The van der Waals surface area contributed by atoms with E-state index in [0.29, 0.717) is 12.2 Å². The molecule has 0 unspecified atom stereocenters. The van der Waals surface area contributed by atoms with Gasteiger partial charge in [0, 0.05) is 18.3 Å². The van der Waals surface area contributed by atoms with Gasteiger partial charge in [0.2, 0.25) is 11.8 Å². The number of anilines is 2. The van der Waals surface area contributed by atoms with Gasteiger partial charge in [0.1, 0.15) is 12.4 Å². The summed E-state index contributed by atoms with van der Waals surface area (Å²) in [5, 5.41) is 0.